The lowest BCUT2D eigenvalue weighted by Crippen LogP contribution is -2.41. The number of hydrogen-bond donors (Lipinski definition) is 2. The van der Waals surface area contributed by atoms with E-state index >= 15 is 0 Å². The second kappa shape index (κ2) is 8.91. The Balaban J connectivity index is 1.63. The maximum Gasteiger partial charge on any atom is 0.191 e. The molecule has 0 amide bonds. The number of aromatic nitrogens is 2. The van der Waals surface area contributed by atoms with E-state index in [2.05, 4.69) is 39.5 Å². The first-order chi connectivity index (χ1) is 11.1. The third-order valence-electron chi connectivity index (χ3n) is 4.47. The van der Waals surface area contributed by atoms with E-state index in [0.29, 0.717) is 0 Å². The van der Waals surface area contributed by atoms with Crippen LogP contribution in [0.25, 0.3) is 0 Å². The zero-order valence-corrected chi connectivity index (χ0v) is 15.0. The van der Waals surface area contributed by atoms with E-state index in [9.17, 15) is 0 Å². The van der Waals surface area contributed by atoms with Crippen molar-refractivity contribution in [1.29, 1.82) is 0 Å². The summed E-state index contributed by atoms with van der Waals surface area (Å²) in [5.74, 6) is 2.52. The average molecular weight is 320 g/mol. The molecule has 1 aromatic rings. The number of nitrogens with zero attached hydrogens (tertiary/aromatic N) is 4. The minimum Gasteiger partial charge on any atom is -0.356 e. The summed E-state index contributed by atoms with van der Waals surface area (Å²) in [5, 5.41) is 10.9. The van der Waals surface area contributed by atoms with Crippen molar-refractivity contribution in [2.24, 2.45) is 23.9 Å². The monoisotopic (exact) mass is 320 g/mol. The Hall–Kier alpha value is -1.56. The standard InChI is InChI=1S/C17H32N6/c1-14-10-15(2)13-23(12-14)9-5-7-19-17(18-3)20-11-16-6-8-21-22(16)4/h6,8,14-15H,5,7,9-13H2,1-4H3,(H2,18,19,20). The topological polar surface area (TPSA) is 57.5 Å². The average Bonchev–Trinajstić information content (AvgIpc) is 2.91. The number of guanidine groups is 1. The molecule has 1 aliphatic rings. The van der Waals surface area contributed by atoms with Gasteiger partial charge in [0, 0.05) is 39.9 Å². The van der Waals surface area contributed by atoms with Gasteiger partial charge in [-0.1, -0.05) is 13.8 Å². The van der Waals surface area contributed by atoms with E-state index in [-0.39, 0.29) is 0 Å². The van der Waals surface area contributed by atoms with Crippen LogP contribution >= 0.6 is 0 Å². The van der Waals surface area contributed by atoms with Gasteiger partial charge in [0.05, 0.1) is 12.2 Å². The maximum absolute atomic E-state index is 4.28. The number of aryl methyl sites for hydroxylation is 1. The highest BCUT2D eigenvalue weighted by atomic mass is 15.3. The van der Waals surface area contributed by atoms with Gasteiger partial charge in [0.15, 0.2) is 5.96 Å². The zero-order chi connectivity index (χ0) is 16.7. The SMILES string of the molecule is CN=C(NCCCN1CC(C)CC(C)C1)NCc1ccnn1C. The first-order valence-corrected chi connectivity index (χ1v) is 8.72. The van der Waals surface area contributed by atoms with Crippen molar-refractivity contribution in [2.75, 3.05) is 33.2 Å². The third-order valence-corrected chi connectivity index (χ3v) is 4.47. The van der Waals surface area contributed by atoms with Gasteiger partial charge in [-0.15, -0.1) is 0 Å². The van der Waals surface area contributed by atoms with Gasteiger partial charge in [0.1, 0.15) is 0 Å². The Labute approximate surface area is 140 Å². The Morgan fingerprint density at radius 1 is 1.30 bits per heavy atom. The quantitative estimate of drug-likeness (QED) is 0.473. The summed E-state index contributed by atoms with van der Waals surface area (Å²) in [6.45, 7) is 10.1. The summed E-state index contributed by atoms with van der Waals surface area (Å²) < 4.78 is 1.87. The molecular formula is C17H32N6. The normalized spacial score (nSPS) is 23.0. The molecule has 23 heavy (non-hydrogen) atoms. The number of aliphatic imine (C=N–C) groups is 1. The largest absolute Gasteiger partial charge is 0.356 e. The second-order valence-corrected chi connectivity index (χ2v) is 6.86. The fraction of sp³-hybridized carbons (Fsp3) is 0.765. The molecule has 2 rings (SSSR count). The minimum absolute atomic E-state index is 0.733. The van der Waals surface area contributed by atoms with E-state index in [0.717, 1.165) is 43.0 Å². The van der Waals surface area contributed by atoms with Crippen LogP contribution in [0.15, 0.2) is 17.3 Å². The highest BCUT2D eigenvalue weighted by molar-refractivity contribution is 5.79. The molecule has 1 aromatic heterocycles. The Bertz CT molecular complexity index is 485. The first-order valence-electron chi connectivity index (χ1n) is 8.72. The molecule has 0 bridgehead atoms. The van der Waals surface area contributed by atoms with E-state index in [1.807, 2.05) is 31.0 Å². The van der Waals surface area contributed by atoms with Gasteiger partial charge >= 0.3 is 0 Å². The van der Waals surface area contributed by atoms with E-state index in [4.69, 9.17) is 0 Å². The van der Waals surface area contributed by atoms with Crippen LogP contribution < -0.4 is 10.6 Å². The predicted molar refractivity (Wildman–Crippen MR) is 95.4 cm³/mol. The van der Waals surface area contributed by atoms with E-state index in [1.165, 1.54) is 26.1 Å². The van der Waals surface area contributed by atoms with Crippen molar-refractivity contribution >= 4 is 5.96 Å². The van der Waals surface area contributed by atoms with Gasteiger partial charge in [-0.2, -0.15) is 5.10 Å². The van der Waals surface area contributed by atoms with Crippen LogP contribution in [0.1, 0.15) is 32.4 Å². The first kappa shape index (κ1) is 17.8. The van der Waals surface area contributed by atoms with Crippen molar-refractivity contribution in [3.8, 4) is 0 Å². The van der Waals surface area contributed by atoms with E-state index < -0.39 is 0 Å². The van der Waals surface area contributed by atoms with Crippen molar-refractivity contribution in [1.82, 2.24) is 25.3 Å². The molecule has 0 aromatic carbocycles. The van der Waals surface area contributed by atoms with Crippen LogP contribution in [0.3, 0.4) is 0 Å². The van der Waals surface area contributed by atoms with Crippen LogP contribution in [0.5, 0.6) is 0 Å². The van der Waals surface area contributed by atoms with Crippen molar-refractivity contribution in [2.45, 2.75) is 33.2 Å². The zero-order valence-electron chi connectivity index (χ0n) is 15.0. The molecule has 2 heterocycles. The fourth-order valence-electron chi connectivity index (χ4n) is 3.45. The van der Waals surface area contributed by atoms with Crippen LogP contribution in [-0.4, -0.2) is 53.9 Å². The molecule has 6 nitrogen and oxygen atoms in total. The fourth-order valence-corrected chi connectivity index (χ4v) is 3.45. The van der Waals surface area contributed by atoms with Crippen LogP contribution in [0, 0.1) is 11.8 Å². The Morgan fingerprint density at radius 3 is 2.65 bits per heavy atom. The summed E-state index contributed by atoms with van der Waals surface area (Å²) in [4.78, 5) is 6.88. The number of hydrogen-bond acceptors (Lipinski definition) is 3. The molecule has 1 aliphatic heterocycles. The molecule has 0 aliphatic carbocycles. The summed E-state index contributed by atoms with van der Waals surface area (Å²) in [5.41, 5.74) is 1.14. The number of piperidine rings is 1. The van der Waals surface area contributed by atoms with Gasteiger partial charge in [-0.05, 0) is 37.3 Å². The summed E-state index contributed by atoms with van der Waals surface area (Å²) in [6.07, 6.45) is 4.33. The lowest BCUT2D eigenvalue weighted by Gasteiger charge is -2.35. The summed E-state index contributed by atoms with van der Waals surface area (Å²) >= 11 is 0. The van der Waals surface area contributed by atoms with Gasteiger partial charge < -0.3 is 15.5 Å². The summed E-state index contributed by atoms with van der Waals surface area (Å²) in [6, 6.07) is 2.01. The molecule has 2 atom stereocenters. The third kappa shape index (κ3) is 5.86. The maximum atomic E-state index is 4.28. The summed E-state index contributed by atoms with van der Waals surface area (Å²) in [7, 11) is 3.76. The lowest BCUT2D eigenvalue weighted by atomic mass is 9.92. The van der Waals surface area contributed by atoms with Crippen LogP contribution in [-0.2, 0) is 13.6 Å². The Morgan fingerprint density at radius 2 is 2.04 bits per heavy atom. The van der Waals surface area contributed by atoms with E-state index in [1.54, 1.807) is 0 Å². The molecule has 130 valence electrons. The van der Waals surface area contributed by atoms with Gasteiger partial charge in [0.25, 0.3) is 0 Å². The smallest absolute Gasteiger partial charge is 0.191 e. The molecule has 6 heteroatoms. The van der Waals surface area contributed by atoms with Gasteiger partial charge in [0.2, 0.25) is 0 Å². The lowest BCUT2D eigenvalue weighted by molar-refractivity contribution is 0.140. The molecule has 1 fully saturated rings. The number of likely N-dealkylation sites (tertiary alicyclic amines) is 1. The molecular weight excluding hydrogens is 288 g/mol. The van der Waals surface area contributed by atoms with Gasteiger partial charge in [-0.3, -0.25) is 9.67 Å². The molecule has 2 unspecified atom stereocenters. The van der Waals surface area contributed by atoms with Crippen LogP contribution in [0.2, 0.25) is 0 Å². The molecule has 1 saturated heterocycles. The van der Waals surface area contributed by atoms with Crippen molar-refractivity contribution in [3.63, 3.8) is 0 Å². The number of rotatable bonds is 6. The van der Waals surface area contributed by atoms with Crippen molar-refractivity contribution < 1.29 is 0 Å². The second-order valence-electron chi connectivity index (χ2n) is 6.86. The van der Waals surface area contributed by atoms with Gasteiger partial charge in [-0.25, -0.2) is 0 Å². The highest BCUT2D eigenvalue weighted by Crippen LogP contribution is 2.20. The predicted octanol–water partition coefficient (Wildman–Crippen LogP) is 1.45. The van der Waals surface area contributed by atoms with Crippen molar-refractivity contribution in [3.05, 3.63) is 18.0 Å². The minimum atomic E-state index is 0.733. The van der Waals surface area contributed by atoms with Crippen LogP contribution in [0.4, 0.5) is 0 Å². The Kier molecular flexibility index (Phi) is 6.89. The molecule has 0 saturated carbocycles. The number of nitrogens with one attached hydrogen (secondary N) is 2. The molecule has 2 N–H and O–H groups in total. The highest BCUT2D eigenvalue weighted by Gasteiger charge is 2.20. The molecule has 0 radical (unpaired) electrons. The molecule has 0 spiro atoms.